The zero-order valence-corrected chi connectivity index (χ0v) is 8.09. The highest BCUT2D eigenvalue weighted by molar-refractivity contribution is 5.31. The standard InChI is InChI=1S/C9H16NO2/c1-8(2)5-7(6-11)9(3,4)10(8)12/h5,11H,6H2,1-4H3/q-1. The number of hydrogen-bond donors (Lipinski definition) is 1. The molecule has 0 saturated carbocycles. The van der Waals surface area contributed by atoms with E-state index >= 15 is 0 Å². The third-order valence-corrected chi connectivity index (χ3v) is 2.51. The molecule has 0 spiro atoms. The molecule has 0 amide bonds. The molecule has 3 nitrogen and oxygen atoms in total. The Kier molecular flexibility index (Phi) is 2.07. The van der Waals surface area contributed by atoms with E-state index in [-0.39, 0.29) is 6.61 Å². The van der Waals surface area contributed by atoms with Crippen LogP contribution in [-0.2, 0) is 0 Å². The van der Waals surface area contributed by atoms with Crippen molar-refractivity contribution >= 4 is 0 Å². The molecule has 0 aromatic carbocycles. The van der Waals surface area contributed by atoms with Gasteiger partial charge in [0.25, 0.3) is 0 Å². The van der Waals surface area contributed by atoms with Crippen molar-refractivity contribution in [2.45, 2.75) is 38.8 Å². The van der Waals surface area contributed by atoms with Gasteiger partial charge in [0.05, 0.1) is 6.61 Å². The van der Waals surface area contributed by atoms with E-state index in [2.05, 4.69) is 0 Å². The van der Waals surface area contributed by atoms with E-state index < -0.39 is 11.1 Å². The summed E-state index contributed by atoms with van der Waals surface area (Å²) in [6.45, 7) is 7.33. The number of aliphatic hydroxyl groups excluding tert-OH is 1. The lowest BCUT2D eigenvalue weighted by Gasteiger charge is -2.47. The van der Waals surface area contributed by atoms with Crippen molar-refractivity contribution < 1.29 is 5.11 Å². The molecule has 0 unspecified atom stereocenters. The second-order valence-electron chi connectivity index (χ2n) is 4.33. The van der Waals surface area contributed by atoms with E-state index in [1.807, 2.05) is 33.8 Å². The van der Waals surface area contributed by atoms with Crippen molar-refractivity contribution in [3.8, 4) is 0 Å². The van der Waals surface area contributed by atoms with Gasteiger partial charge in [-0.3, -0.25) is 0 Å². The topological polar surface area (TPSA) is 46.5 Å². The zero-order valence-electron chi connectivity index (χ0n) is 8.09. The highest BCUT2D eigenvalue weighted by Crippen LogP contribution is 2.38. The molecule has 0 aliphatic carbocycles. The van der Waals surface area contributed by atoms with Crippen molar-refractivity contribution in [2.75, 3.05) is 6.61 Å². The second-order valence-corrected chi connectivity index (χ2v) is 4.33. The van der Waals surface area contributed by atoms with Crippen LogP contribution in [0, 0.1) is 5.21 Å². The van der Waals surface area contributed by atoms with Gasteiger partial charge in [-0.25, -0.2) is 0 Å². The first-order chi connectivity index (χ1) is 5.32. The molecular weight excluding hydrogens is 154 g/mol. The number of hydroxylamine groups is 2. The maximum atomic E-state index is 11.7. The Hall–Kier alpha value is -0.380. The van der Waals surface area contributed by atoms with Gasteiger partial charge in [0.15, 0.2) is 0 Å². The fourth-order valence-corrected chi connectivity index (χ4v) is 1.75. The molecule has 0 aromatic rings. The van der Waals surface area contributed by atoms with E-state index in [0.717, 1.165) is 10.6 Å². The lowest BCUT2D eigenvalue weighted by atomic mass is 9.98. The minimum atomic E-state index is -0.557. The van der Waals surface area contributed by atoms with Crippen LogP contribution >= 0.6 is 0 Å². The van der Waals surface area contributed by atoms with Crippen LogP contribution in [0.25, 0.3) is 0 Å². The van der Waals surface area contributed by atoms with Gasteiger partial charge in [0, 0.05) is 11.1 Å². The summed E-state index contributed by atoms with van der Waals surface area (Å²) in [5.41, 5.74) is -0.234. The van der Waals surface area contributed by atoms with Crippen molar-refractivity contribution in [2.24, 2.45) is 0 Å². The van der Waals surface area contributed by atoms with Gasteiger partial charge in [-0.15, -0.1) is 0 Å². The SMILES string of the molecule is CC1(C)C=C(CO)C(C)(C)N1[O-]. The normalized spacial score (nSPS) is 27.3. The van der Waals surface area contributed by atoms with Crippen molar-refractivity contribution in [1.82, 2.24) is 5.06 Å². The lowest BCUT2D eigenvalue weighted by Crippen LogP contribution is -2.46. The fourth-order valence-electron chi connectivity index (χ4n) is 1.75. The summed E-state index contributed by atoms with van der Waals surface area (Å²) in [5.74, 6) is 0. The van der Waals surface area contributed by atoms with Crippen LogP contribution in [0.4, 0.5) is 0 Å². The van der Waals surface area contributed by atoms with E-state index in [0.29, 0.717) is 0 Å². The van der Waals surface area contributed by atoms with Gasteiger partial charge in [0.2, 0.25) is 0 Å². The smallest absolute Gasteiger partial charge is 0.0659 e. The quantitative estimate of drug-likeness (QED) is 0.603. The van der Waals surface area contributed by atoms with E-state index in [9.17, 15) is 5.21 Å². The zero-order chi connectivity index (χ0) is 9.57. The number of hydrogen-bond acceptors (Lipinski definition) is 3. The molecule has 12 heavy (non-hydrogen) atoms. The van der Waals surface area contributed by atoms with E-state index in [1.165, 1.54) is 0 Å². The third-order valence-electron chi connectivity index (χ3n) is 2.51. The maximum Gasteiger partial charge on any atom is 0.0659 e. The Balaban J connectivity index is 3.03. The highest BCUT2D eigenvalue weighted by Gasteiger charge is 2.38. The van der Waals surface area contributed by atoms with E-state index in [4.69, 9.17) is 5.11 Å². The minimum absolute atomic E-state index is 0.0326. The second kappa shape index (κ2) is 2.55. The first kappa shape index (κ1) is 9.71. The molecule has 0 saturated heterocycles. The summed E-state index contributed by atoms with van der Waals surface area (Å²) in [6, 6.07) is 0. The van der Waals surface area contributed by atoms with Crippen molar-refractivity contribution in [1.29, 1.82) is 0 Å². The maximum absolute atomic E-state index is 11.7. The number of rotatable bonds is 1. The fraction of sp³-hybridized carbons (Fsp3) is 0.778. The molecule has 70 valence electrons. The largest absolute Gasteiger partial charge is 0.784 e. The monoisotopic (exact) mass is 170 g/mol. The van der Waals surface area contributed by atoms with Crippen molar-refractivity contribution in [3.63, 3.8) is 0 Å². The van der Waals surface area contributed by atoms with Crippen molar-refractivity contribution in [3.05, 3.63) is 16.9 Å². The summed E-state index contributed by atoms with van der Waals surface area (Å²) in [4.78, 5) is 0. The van der Waals surface area contributed by atoms with Gasteiger partial charge < -0.3 is 15.4 Å². The van der Waals surface area contributed by atoms with Gasteiger partial charge in [-0.2, -0.15) is 0 Å². The Bertz CT molecular complexity index is 219. The molecule has 1 heterocycles. The van der Waals surface area contributed by atoms with Gasteiger partial charge in [-0.05, 0) is 33.3 Å². The van der Waals surface area contributed by atoms with Crippen LogP contribution in [0.15, 0.2) is 11.6 Å². The lowest BCUT2D eigenvalue weighted by molar-refractivity contribution is 0.149. The van der Waals surface area contributed by atoms with Gasteiger partial charge in [-0.1, -0.05) is 6.08 Å². The minimum Gasteiger partial charge on any atom is -0.784 e. The van der Waals surface area contributed by atoms with Crippen LogP contribution in [-0.4, -0.2) is 27.9 Å². The van der Waals surface area contributed by atoms with Gasteiger partial charge >= 0.3 is 0 Å². The predicted octanol–water partition coefficient (Wildman–Crippen LogP) is 1.28. The average Bonchev–Trinajstić information content (AvgIpc) is 2.11. The summed E-state index contributed by atoms with van der Waals surface area (Å²) in [5, 5.41) is 21.7. The molecule has 3 heteroatoms. The molecule has 0 aromatic heterocycles. The predicted molar refractivity (Wildman–Crippen MR) is 48.5 cm³/mol. The molecule has 0 bridgehead atoms. The first-order valence-corrected chi connectivity index (χ1v) is 4.13. The molecule has 1 rings (SSSR count). The summed E-state index contributed by atoms with van der Waals surface area (Å²) in [6.07, 6.45) is 1.85. The average molecular weight is 170 g/mol. The highest BCUT2D eigenvalue weighted by atomic mass is 16.5. The first-order valence-electron chi connectivity index (χ1n) is 4.13. The Labute approximate surface area is 73.3 Å². The summed E-state index contributed by atoms with van der Waals surface area (Å²) < 4.78 is 0. The van der Waals surface area contributed by atoms with Crippen LogP contribution in [0.3, 0.4) is 0 Å². The van der Waals surface area contributed by atoms with Gasteiger partial charge in [0.1, 0.15) is 0 Å². The van der Waals surface area contributed by atoms with Crippen LogP contribution in [0.1, 0.15) is 27.7 Å². The molecule has 1 aliphatic rings. The van der Waals surface area contributed by atoms with E-state index in [1.54, 1.807) is 0 Å². The third kappa shape index (κ3) is 1.18. The Morgan fingerprint density at radius 1 is 1.42 bits per heavy atom. The number of nitrogens with zero attached hydrogens (tertiary/aromatic N) is 1. The molecule has 0 atom stereocenters. The number of aliphatic hydroxyl groups is 1. The molecular formula is C9H16NO2-. The molecule has 0 fully saturated rings. The molecule has 1 N–H and O–H groups in total. The Morgan fingerprint density at radius 2 is 1.92 bits per heavy atom. The van der Waals surface area contributed by atoms with Crippen LogP contribution in [0.2, 0.25) is 0 Å². The summed E-state index contributed by atoms with van der Waals surface area (Å²) in [7, 11) is 0. The summed E-state index contributed by atoms with van der Waals surface area (Å²) >= 11 is 0. The Morgan fingerprint density at radius 3 is 2.08 bits per heavy atom. The van der Waals surface area contributed by atoms with Crippen LogP contribution in [0.5, 0.6) is 0 Å². The van der Waals surface area contributed by atoms with Crippen LogP contribution < -0.4 is 0 Å². The molecule has 0 radical (unpaired) electrons. The molecule has 1 aliphatic heterocycles.